The molecular weight excluding hydrogens is 266 g/mol. The third-order valence-corrected chi connectivity index (χ3v) is 4.51. The molecule has 1 spiro atoms. The third-order valence-electron chi connectivity index (χ3n) is 4.51. The van der Waals surface area contributed by atoms with Gasteiger partial charge in [0.05, 0.1) is 0 Å². The fourth-order valence-electron chi connectivity index (χ4n) is 3.35. The van der Waals surface area contributed by atoms with Crippen LogP contribution in [0.2, 0.25) is 0 Å². The van der Waals surface area contributed by atoms with Crippen LogP contribution in [0.3, 0.4) is 0 Å². The second-order valence-electron chi connectivity index (χ2n) is 6.31. The molecule has 2 aliphatic rings. The maximum atomic E-state index is 12.2. The van der Waals surface area contributed by atoms with Crippen LogP contribution < -0.4 is 10.6 Å². The fraction of sp³-hybridized carbons (Fsp3) is 0.750. The molecule has 21 heavy (non-hydrogen) atoms. The van der Waals surface area contributed by atoms with Crippen LogP contribution in [0, 0.1) is 5.41 Å². The quantitative estimate of drug-likeness (QED) is 0.615. The number of nitrogens with one attached hydrogen (secondary N) is 2. The lowest BCUT2D eigenvalue weighted by Crippen LogP contribution is -2.50. The van der Waals surface area contributed by atoms with Crippen LogP contribution in [0.25, 0.3) is 0 Å². The number of urea groups is 1. The van der Waals surface area contributed by atoms with E-state index in [9.17, 15) is 9.59 Å². The maximum absolute atomic E-state index is 12.2. The zero-order valence-electron chi connectivity index (χ0n) is 13.0. The van der Waals surface area contributed by atoms with Crippen molar-refractivity contribution in [2.45, 2.75) is 45.4 Å². The SMILES string of the molecule is CC(=O)NCCCNC(=O)N1CCC[C@]2(CC=CCC2)C1. The van der Waals surface area contributed by atoms with Crippen molar-refractivity contribution in [1.82, 2.24) is 15.5 Å². The van der Waals surface area contributed by atoms with Crippen molar-refractivity contribution in [2.75, 3.05) is 26.2 Å². The van der Waals surface area contributed by atoms with Crippen molar-refractivity contribution in [2.24, 2.45) is 5.41 Å². The molecule has 0 aromatic carbocycles. The van der Waals surface area contributed by atoms with E-state index in [0.29, 0.717) is 18.5 Å². The zero-order valence-corrected chi connectivity index (χ0v) is 13.0. The Labute approximate surface area is 127 Å². The van der Waals surface area contributed by atoms with E-state index in [1.54, 1.807) is 0 Å². The molecule has 118 valence electrons. The Bertz CT molecular complexity index is 408. The Morgan fingerprint density at radius 2 is 2.00 bits per heavy atom. The molecule has 1 atom stereocenters. The first-order valence-electron chi connectivity index (χ1n) is 8.04. The number of amides is 3. The number of piperidine rings is 1. The summed E-state index contributed by atoms with van der Waals surface area (Å²) in [5, 5.41) is 5.70. The maximum Gasteiger partial charge on any atom is 0.317 e. The van der Waals surface area contributed by atoms with Crippen molar-refractivity contribution in [3.8, 4) is 0 Å². The summed E-state index contributed by atoms with van der Waals surface area (Å²) in [7, 11) is 0. The van der Waals surface area contributed by atoms with Gasteiger partial charge in [0, 0.05) is 33.1 Å². The normalized spacial score (nSPS) is 24.9. The smallest absolute Gasteiger partial charge is 0.317 e. The van der Waals surface area contributed by atoms with E-state index in [2.05, 4.69) is 22.8 Å². The van der Waals surface area contributed by atoms with Gasteiger partial charge in [-0.05, 0) is 43.9 Å². The van der Waals surface area contributed by atoms with Crippen LogP contribution in [-0.2, 0) is 4.79 Å². The molecule has 1 aliphatic heterocycles. The van der Waals surface area contributed by atoms with Crippen molar-refractivity contribution < 1.29 is 9.59 Å². The molecule has 0 aromatic heterocycles. The Kier molecular flexibility index (Phi) is 5.65. The Balaban J connectivity index is 1.72. The number of allylic oxidation sites excluding steroid dienone is 2. The Morgan fingerprint density at radius 1 is 1.19 bits per heavy atom. The minimum atomic E-state index is -0.0235. The standard InChI is InChI=1S/C16H27N3O2/c1-14(20)17-10-6-11-18-15(21)19-12-5-9-16(13-19)7-3-2-4-8-16/h2-3H,4-13H2,1H3,(H,17,20)(H,18,21)/t16-/m1/s1. The number of hydrogen-bond donors (Lipinski definition) is 2. The van der Waals surface area contributed by atoms with Crippen LogP contribution in [0.15, 0.2) is 12.2 Å². The first-order chi connectivity index (χ1) is 10.1. The van der Waals surface area contributed by atoms with Gasteiger partial charge in [-0.15, -0.1) is 0 Å². The van der Waals surface area contributed by atoms with Crippen molar-refractivity contribution >= 4 is 11.9 Å². The monoisotopic (exact) mass is 293 g/mol. The summed E-state index contributed by atoms with van der Waals surface area (Å²) in [6, 6.07) is 0.0476. The van der Waals surface area contributed by atoms with Crippen LogP contribution in [-0.4, -0.2) is 43.0 Å². The molecule has 5 nitrogen and oxygen atoms in total. The molecule has 1 aliphatic carbocycles. The lowest BCUT2D eigenvalue weighted by atomic mass is 9.71. The van der Waals surface area contributed by atoms with E-state index in [0.717, 1.165) is 38.8 Å². The molecule has 2 N–H and O–H groups in total. The molecule has 1 heterocycles. The lowest BCUT2D eigenvalue weighted by Gasteiger charge is -2.43. The second kappa shape index (κ2) is 7.48. The summed E-state index contributed by atoms with van der Waals surface area (Å²) in [6.07, 6.45) is 11.1. The van der Waals surface area contributed by atoms with E-state index < -0.39 is 0 Å². The highest BCUT2D eigenvalue weighted by Crippen LogP contribution is 2.40. The van der Waals surface area contributed by atoms with Crippen molar-refractivity contribution in [1.29, 1.82) is 0 Å². The summed E-state index contributed by atoms with van der Waals surface area (Å²) in [5.41, 5.74) is 0.320. The summed E-state index contributed by atoms with van der Waals surface area (Å²) in [5.74, 6) is -0.0235. The predicted molar refractivity (Wildman–Crippen MR) is 82.9 cm³/mol. The van der Waals surface area contributed by atoms with Gasteiger partial charge in [0.2, 0.25) is 5.91 Å². The average molecular weight is 293 g/mol. The van der Waals surface area contributed by atoms with E-state index in [1.807, 2.05) is 4.90 Å². The molecule has 0 saturated carbocycles. The number of carbonyl (C=O) groups is 2. The van der Waals surface area contributed by atoms with Gasteiger partial charge < -0.3 is 15.5 Å². The minimum Gasteiger partial charge on any atom is -0.356 e. The van der Waals surface area contributed by atoms with E-state index in [1.165, 1.54) is 19.8 Å². The van der Waals surface area contributed by atoms with Crippen molar-refractivity contribution in [3.05, 3.63) is 12.2 Å². The molecule has 1 fully saturated rings. The molecule has 0 unspecified atom stereocenters. The molecular formula is C16H27N3O2. The molecule has 0 bridgehead atoms. The number of carbonyl (C=O) groups excluding carboxylic acids is 2. The van der Waals surface area contributed by atoms with Gasteiger partial charge in [0.15, 0.2) is 0 Å². The van der Waals surface area contributed by atoms with Crippen LogP contribution in [0.1, 0.15) is 45.4 Å². The summed E-state index contributed by atoms with van der Waals surface area (Å²) < 4.78 is 0. The molecule has 2 rings (SSSR count). The van der Waals surface area contributed by atoms with Crippen LogP contribution in [0.5, 0.6) is 0 Å². The Morgan fingerprint density at radius 3 is 2.71 bits per heavy atom. The molecule has 5 heteroatoms. The van der Waals surface area contributed by atoms with Gasteiger partial charge >= 0.3 is 6.03 Å². The Hall–Kier alpha value is -1.52. The van der Waals surface area contributed by atoms with Gasteiger partial charge in [0.1, 0.15) is 0 Å². The minimum absolute atomic E-state index is 0.0235. The van der Waals surface area contributed by atoms with Gasteiger partial charge in [-0.25, -0.2) is 4.79 Å². The average Bonchev–Trinajstić information content (AvgIpc) is 2.47. The van der Waals surface area contributed by atoms with Gasteiger partial charge in [-0.3, -0.25) is 4.79 Å². The van der Waals surface area contributed by atoms with E-state index in [4.69, 9.17) is 0 Å². The third kappa shape index (κ3) is 4.76. The fourth-order valence-corrected chi connectivity index (χ4v) is 3.35. The summed E-state index contributed by atoms with van der Waals surface area (Å²) in [6.45, 7) is 4.48. The number of hydrogen-bond acceptors (Lipinski definition) is 2. The number of rotatable bonds is 4. The number of nitrogens with zero attached hydrogens (tertiary/aromatic N) is 1. The first-order valence-corrected chi connectivity index (χ1v) is 8.04. The summed E-state index contributed by atoms with van der Waals surface area (Å²) >= 11 is 0. The topological polar surface area (TPSA) is 61.4 Å². The molecule has 1 saturated heterocycles. The second-order valence-corrected chi connectivity index (χ2v) is 6.31. The highest BCUT2D eigenvalue weighted by Gasteiger charge is 2.36. The van der Waals surface area contributed by atoms with E-state index in [-0.39, 0.29) is 11.9 Å². The first kappa shape index (κ1) is 15.9. The number of likely N-dealkylation sites (tertiary alicyclic amines) is 1. The predicted octanol–water partition coefficient (Wildman–Crippen LogP) is 2.04. The van der Waals surface area contributed by atoms with Crippen LogP contribution in [0.4, 0.5) is 4.79 Å². The van der Waals surface area contributed by atoms with Crippen LogP contribution >= 0.6 is 0 Å². The molecule has 3 amide bonds. The largest absolute Gasteiger partial charge is 0.356 e. The molecule has 0 aromatic rings. The zero-order chi connectivity index (χ0) is 15.1. The highest BCUT2D eigenvalue weighted by molar-refractivity contribution is 5.74. The lowest BCUT2D eigenvalue weighted by molar-refractivity contribution is -0.118. The highest BCUT2D eigenvalue weighted by atomic mass is 16.2. The van der Waals surface area contributed by atoms with Gasteiger partial charge in [0.25, 0.3) is 0 Å². The van der Waals surface area contributed by atoms with Crippen molar-refractivity contribution in [3.63, 3.8) is 0 Å². The summed E-state index contributed by atoms with van der Waals surface area (Å²) in [4.78, 5) is 25.0. The van der Waals surface area contributed by atoms with Gasteiger partial charge in [-0.1, -0.05) is 12.2 Å². The van der Waals surface area contributed by atoms with E-state index >= 15 is 0 Å². The molecule has 0 radical (unpaired) electrons. The van der Waals surface area contributed by atoms with Gasteiger partial charge in [-0.2, -0.15) is 0 Å².